The largest absolute Gasteiger partial charge is 0.496 e. The lowest BCUT2D eigenvalue weighted by Gasteiger charge is -2.09. The van der Waals surface area contributed by atoms with Crippen molar-refractivity contribution in [2.24, 2.45) is 0 Å². The van der Waals surface area contributed by atoms with E-state index in [0.29, 0.717) is 6.61 Å². The Morgan fingerprint density at radius 2 is 2.05 bits per heavy atom. The zero-order chi connectivity index (χ0) is 14.0. The summed E-state index contributed by atoms with van der Waals surface area (Å²) in [6.07, 6.45) is 0. The molecule has 0 bridgehead atoms. The fourth-order valence-corrected chi connectivity index (χ4v) is 2.34. The quantitative estimate of drug-likeness (QED) is 0.794. The van der Waals surface area contributed by atoms with Gasteiger partial charge in [-0.1, -0.05) is 0 Å². The molecule has 0 unspecified atom stereocenters. The third kappa shape index (κ3) is 2.57. The zero-order valence-corrected chi connectivity index (χ0v) is 11.8. The molecule has 0 amide bonds. The molecule has 102 valence electrons. The van der Waals surface area contributed by atoms with E-state index in [0.717, 1.165) is 34.5 Å². The van der Waals surface area contributed by atoms with Gasteiger partial charge in [0.2, 0.25) is 0 Å². The number of benzene rings is 1. The molecule has 1 aromatic carbocycles. The number of ether oxygens (including phenoxy) is 2. The number of aromatic nitrogens is 1. The molecule has 0 saturated carbocycles. The van der Waals surface area contributed by atoms with Crippen LogP contribution in [-0.2, 0) is 22.7 Å². The molecule has 0 aliphatic rings. The molecule has 2 aromatic rings. The topological polar surface area (TPSA) is 40.5 Å². The Kier molecular flexibility index (Phi) is 3.79. The predicted molar refractivity (Wildman–Crippen MR) is 74.4 cm³/mol. The highest BCUT2D eigenvalue weighted by molar-refractivity contribution is 5.84. The van der Waals surface area contributed by atoms with Gasteiger partial charge in [-0.2, -0.15) is 0 Å². The number of rotatable bonds is 4. The highest BCUT2D eigenvalue weighted by atomic mass is 16.5. The van der Waals surface area contributed by atoms with Crippen molar-refractivity contribution in [1.82, 2.24) is 4.57 Å². The number of fused-ring (bicyclic) bond motifs is 1. The van der Waals surface area contributed by atoms with Crippen molar-refractivity contribution in [1.29, 1.82) is 0 Å². The van der Waals surface area contributed by atoms with E-state index in [4.69, 9.17) is 9.47 Å². The average molecular weight is 261 g/mol. The molecule has 2 rings (SSSR count). The molecular formula is C15H19NO3. The van der Waals surface area contributed by atoms with E-state index in [9.17, 15) is 4.79 Å². The number of aryl methyl sites for hydroxylation is 2. The summed E-state index contributed by atoms with van der Waals surface area (Å²) in [4.78, 5) is 10.9. The minimum Gasteiger partial charge on any atom is -0.496 e. The van der Waals surface area contributed by atoms with E-state index >= 15 is 0 Å². The van der Waals surface area contributed by atoms with Crippen LogP contribution >= 0.6 is 0 Å². The minimum absolute atomic E-state index is 0.262. The van der Waals surface area contributed by atoms with Crippen LogP contribution in [0, 0.1) is 6.92 Å². The van der Waals surface area contributed by atoms with Crippen molar-refractivity contribution in [3.8, 4) is 5.75 Å². The lowest BCUT2D eigenvalue weighted by molar-refractivity contribution is -0.142. The van der Waals surface area contributed by atoms with Gasteiger partial charge in [0.15, 0.2) is 0 Å². The van der Waals surface area contributed by atoms with E-state index in [1.165, 1.54) is 6.92 Å². The fourth-order valence-electron chi connectivity index (χ4n) is 2.34. The van der Waals surface area contributed by atoms with Crippen LogP contribution in [0.25, 0.3) is 10.9 Å². The maximum absolute atomic E-state index is 10.9. The molecule has 4 heteroatoms. The molecule has 0 aliphatic carbocycles. The monoisotopic (exact) mass is 261 g/mol. The summed E-state index contributed by atoms with van der Waals surface area (Å²) in [5.41, 5.74) is 3.24. The summed E-state index contributed by atoms with van der Waals surface area (Å²) in [5, 5.41) is 1.10. The number of carbonyl (C=O) groups is 1. The molecule has 0 radical (unpaired) electrons. The third-order valence-corrected chi connectivity index (χ3v) is 3.24. The van der Waals surface area contributed by atoms with Crippen molar-refractivity contribution < 1.29 is 14.3 Å². The first-order valence-electron chi connectivity index (χ1n) is 6.37. The second-order valence-electron chi connectivity index (χ2n) is 4.54. The van der Waals surface area contributed by atoms with Crippen LogP contribution in [0.2, 0.25) is 0 Å². The Morgan fingerprint density at radius 1 is 1.32 bits per heavy atom. The second kappa shape index (κ2) is 5.34. The van der Waals surface area contributed by atoms with Gasteiger partial charge < -0.3 is 14.0 Å². The van der Waals surface area contributed by atoms with Crippen molar-refractivity contribution in [2.45, 2.75) is 33.9 Å². The van der Waals surface area contributed by atoms with Gasteiger partial charge in [0.25, 0.3) is 0 Å². The molecule has 4 nitrogen and oxygen atoms in total. The maximum Gasteiger partial charge on any atom is 0.303 e. The summed E-state index contributed by atoms with van der Waals surface area (Å²) in [7, 11) is 1.67. The highest BCUT2D eigenvalue weighted by Crippen LogP contribution is 2.28. The summed E-state index contributed by atoms with van der Waals surface area (Å²) in [6.45, 7) is 6.67. The molecule has 0 N–H and O–H groups in total. The number of methoxy groups -OCH3 is 1. The van der Waals surface area contributed by atoms with Gasteiger partial charge in [-0.3, -0.25) is 4.79 Å². The van der Waals surface area contributed by atoms with E-state index in [1.54, 1.807) is 7.11 Å². The van der Waals surface area contributed by atoms with Gasteiger partial charge in [0, 0.05) is 24.4 Å². The Bertz CT molecular complexity index is 613. The normalized spacial score (nSPS) is 10.7. The molecule has 1 heterocycles. The molecule has 0 spiro atoms. The SMILES string of the molecule is CCn1c(COC(C)=O)cc2cc(OC)c(C)cc21. The maximum atomic E-state index is 10.9. The predicted octanol–water partition coefficient (Wildman–Crippen LogP) is 3.04. The summed E-state index contributed by atoms with van der Waals surface area (Å²) in [6, 6.07) is 6.17. The van der Waals surface area contributed by atoms with E-state index in [2.05, 4.69) is 17.6 Å². The Labute approximate surface area is 112 Å². The average Bonchev–Trinajstić information content (AvgIpc) is 2.71. The molecule has 19 heavy (non-hydrogen) atoms. The van der Waals surface area contributed by atoms with Gasteiger partial charge in [-0.15, -0.1) is 0 Å². The van der Waals surface area contributed by atoms with Crippen LogP contribution in [-0.4, -0.2) is 17.6 Å². The Morgan fingerprint density at radius 3 is 2.63 bits per heavy atom. The Hall–Kier alpha value is -1.97. The van der Waals surface area contributed by atoms with Crippen LogP contribution in [0.3, 0.4) is 0 Å². The van der Waals surface area contributed by atoms with Gasteiger partial charge in [0.05, 0.1) is 12.8 Å². The minimum atomic E-state index is -0.262. The van der Waals surface area contributed by atoms with Crippen molar-refractivity contribution >= 4 is 16.9 Å². The molecule has 0 fully saturated rings. The Balaban J connectivity index is 2.50. The van der Waals surface area contributed by atoms with E-state index in [1.807, 2.05) is 19.1 Å². The van der Waals surface area contributed by atoms with Gasteiger partial charge in [-0.05, 0) is 37.6 Å². The summed E-state index contributed by atoms with van der Waals surface area (Å²) < 4.78 is 12.6. The zero-order valence-electron chi connectivity index (χ0n) is 11.8. The number of carbonyl (C=O) groups excluding carboxylic acids is 1. The van der Waals surface area contributed by atoms with Crippen LogP contribution in [0.1, 0.15) is 25.1 Å². The third-order valence-electron chi connectivity index (χ3n) is 3.24. The first-order chi connectivity index (χ1) is 9.06. The molecule has 0 aliphatic heterocycles. The molecule has 0 atom stereocenters. The van der Waals surface area contributed by atoms with Gasteiger partial charge in [-0.25, -0.2) is 0 Å². The number of nitrogens with zero attached hydrogens (tertiary/aromatic N) is 1. The summed E-state index contributed by atoms with van der Waals surface area (Å²) >= 11 is 0. The van der Waals surface area contributed by atoms with E-state index < -0.39 is 0 Å². The van der Waals surface area contributed by atoms with Crippen LogP contribution in [0.15, 0.2) is 18.2 Å². The van der Waals surface area contributed by atoms with Gasteiger partial charge >= 0.3 is 5.97 Å². The fraction of sp³-hybridized carbons (Fsp3) is 0.400. The number of esters is 1. The summed E-state index contributed by atoms with van der Waals surface area (Å²) in [5.74, 6) is 0.612. The first-order valence-corrected chi connectivity index (χ1v) is 6.37. The van der Waals surface area contributed by atoms with Crippen molar-refractivity contribution in [2.75, 3.05) is 7.11 Å². The smallest absolute Gasteiger partial charge is 0.303 e. The second-order valence-corrected chi connectivity index (χ2v) is 4.54. The lowest BCUT2D eigenvalue weighted by atomic mass is 10.1. The van der Waals surface area contributed by atoms with Crippen LogP contribution < -0.4 is 4.74 Å². The molecule has 1 aromatic heterocycles. The standard InChI is InChI=1S/C15H19NO3/c1-5-16-13(9-19-11(3)17)7-12-8-15(18-4)10(2)6-14(12)16/h6-8H,5,9H2,1-4H3. The highest BCUT2D eigenvalue weighted by Gasteiger charge is 2.11. The van der Waals surface area contributed by atoms with Crippen molar-refractivity contribution in [3.05, 3.63) is 29.5 Å². The van der Waals surface area contributed by atoms with Crippen molar-refractivity contribution in [3.63, 3.8) is 0 Å². The molecule has 0 saturated heterocycles. The first kappa shape index (κ1) is 13.5. The lowest BCUT2D eigenvalue weighted by Crippen LogP contribution is -2.05. The number of hydrogen-bond acceptors (Lipinski definition) is 3. The number of hydrogen-bond donors (Lipinski definition) is 0. The van der Waals surface area contributed by atoms with Crippen LogP contribution in [0.4, 0.5) is 0 Å². The van der Waals surface area contributed by atoms with Crippen LogP contribution in [0.5, 0.6) is 5.75 Å². The van der Waals surface area contributed by atoms with E-state index in [-0.39, 0.29) is 5.97 Å². The molecular weight excluding hydrogens is 242 g/mol. The van der Waals surface area contributed by atoms with Gasteiger partial charge in [0.1, 0.15) is 12.4 Å².